The second kappa shape index (κ2) is 9.34. The van der Waals surface area contributed by atoms with Crippen LogP contribution in [0.25, 0.3) is 0 Å². The molecular weight excluding hydrogens is 419 g/mol. The third-order valence-electron chi connectivity index (χ3n) is 3.37. The van der Waals surface area contributed by atoms with E-state index >= 15 is 0 Å². The lowest BCUT2D eigenvalue weighted by Gasteiger charge is -2.17. The Balaban J connectivity index is 2.01. The van der Waals surface area contributed by atoms with Crippen LogP contribution < -0.4 is 16.2 Å². The summed E-state index contributed by atoms with van der Waals surface area (Å²) < 4.78 is 44.1. The minimum Gasteiger partial charge on any atom is -0.457 e. The molecule has 0 aliphatic carbocycles. The summed E-state index contributed by atoms with van der Waals surface area (Å²) in [5.41, 5.74) is 9.40. The van der Waals surface area contributed by atoms with Crippen molar-refractivity contribution in [3.05, 3.63) is 58.6 Å². The van der Waals surface area contributed by atoms with Gasteiger partial charge in [-0.2, -0.15) is 13.2 Å². The van der Waals surface area contributed by atoms with E-state index in [1.165, 1.54) is 18.2 Å². The Labute approximate surface area is 167 Å². The highest BCUT2D eigenvalue weighted by Crippen LogP contribution is 2.37. The van der Waals surface area contributed by atoms with E-state index in [4.69, 9.17) is 27.8 Å². The second-order valence-electron chi connectivity index (χ2n) is 5.51. The average Bonchev–Trinajstić information content (AvgIpc) is 2.60. The minimum absolute atomic E-state index is 0.0367. The lowest BCUT2D eigenvalue weighted by atomic mass is 10.1. The zero-order chi connectivity index (χ0) is 21.6. The van der Waals surface area contributed by atoms with Crippen LogP contribution in [0.15, 0.2) is 42.5 Å². The van der Waals surface area contributed by atoms with E-state index in [1.54, 1.807) is 12.1 Å². The molecule has 0 aromatic heterocycles. The summed E-state index contributed by atoms with van der Waals surface area (Å²) in [6.45, 7) is -0.0712. The Kier molecular flexibility index (Phi) is 7.13. The summed E-state index contributed by atoms with van der Waals surface area (Å²) >= 11 is 5.57. The molecule has 2 rings (SSSR count). The van der Waals surface area contributed by atoms with Gasteiger partial charge in [0.25, 0.3) is 0 Å². The molecule has 156 valence electrons. The number of hydrogen-bond acceptors (Lipinski definition) is 6. The van der Waals surface area contributed by atoms with Gasteiger partial charge in [-0.05, 0) is 42.3 Å². The number of halogens is 4. The van der Waals surface area contributed by atoms with Crippen LogP contribution in [-0.4, -0.2) is 24.0 Å². The van der Waals surface area contributed by atoms with Crippen LogP contribution in [-0.2, 0) is 22.3 Å². The van der Waals surface area contributed by atoms with E-state index in [9.17, 15) is 22.8 Å². The molecule has 2 aromatic carbocycles. The quantitative estimate of drug-likeness (QED) is 0.637. The van der Waals surface area contributed by atoms with Crippen molar-refractivity contribution < 1.29 is 37.2 Å². The summed E-state index contributed by atoms with van der Waals surface area (Å²) in [4.78, 5) is 30.4. The monoisotopic (exact) mass is 433 g/mol. The lowest BCUT2D eigenvalue weighted by molar-refractivity contribution is -0.293. The number of rotatable bonds is 7. The highest BCUT2D eigenvalue weighted by atomic mass is 35.5. The molecule has 0 aliphatic heterocycles. The first kappa shape index (κ1) is 22.1. The van der Waals surface area contributed by atoms with Crippen molar-refractivity contribution in [2.75, 3.05) is 6.54 Å². The van der Waals surface area contributed by atoms with E-state index in [0.717, 1.165) is 12.1 Å². The van der Waals surface area contributed by atoms with Gasteiger partial charge in [0.1, 0.15) is 11.5 Å². The van der Waals surface area contributed by atoms with Crippen molar-refractivity contribution in [1.29, 1.82) is 0 Å². The Bertz CT molecular complexity index is 862. The summed E-state index contributed by atoms with van der Waals surface area (Å²) in [5.74, 6) is 0.244. The predicted molar refractivity (Wildman–Crippen MR) is 94.7 cm³/mol. The van der Waals surface area contributed by atoms with Gasteiger partial charge in [0, 0.05) is 5.23 Å². The van der Waals surface area contributed by atoms with Gasteiger partial charge >= 0.3 is 18.4 Å². The number of hydroxylamine groups is 2. The Hall–Kier alpha value is -3.18. The van der Waals surface area contributed by atoms with E-state index in [-0.39, 0.29) is 24.5 Å². The van der Waals surface area contributed by atoms with Crippen molar-refractivity contribution in [2.45, 2.75) is 12.6 Å². The van der Waals surface area contributed by atoms with Gasteiger partial charge in [-0.3, -0.25) is 0 Å². The van der Waals surface area contributed by atoms with Gasteiger partial charge in [0.15, 0.2) is 0 Å². The highest BCUT2D eigenvalue weighted by Gasteiger charge is 2.33. The van der Waals surface area contributed by atoms with Crippen LogP contribution in [0.4, 0.5) is 22.8 Å². The number of carbonyl (C=O) groups is 2. The van der Waals surface area contributed by atoms with Crippen molar-refractivity contribution >= 4 is 23.8 Å². The normalized spacial score (nSPS) is 11.2. The number of hydrogen-bond donors (Lipinski definition) is 2. The summed E-state index contributed by atoms with van der Waals surface area (Å²) in [5, 5.41) is 0.0997. The van der Waals surface area contributed by atoms with Crippen molar-refractivity contribution in [1.82, 2.24) is 5.23 Å². The third kappa shape index (κ3) is 7.05. The number of primary amides is 2. The fourth-order valence-corrected chi connectivity index (χ4v) is 2.40. The molecule has 8 nitrogen and oxygen atoms in total. The molecule has 29 heavy (non-hydrogen) atoms. The number of benzene rings is 2. The van der Waals surface area contributed by atoms with Crippen molar-refractivity contribution in [2.24, 2.45) is 11.5 Å². The van der Waals surface area contributed by atoms with E-state index in [2.05, 4.69) is 9.68 Å². The van der Waals surface area contributed by atoms with E-state index < -0.39 is 28.9 Å². The Morgan fingerprint density at radius 2 is 1.52 bits per heavy atom. The summed E-state index contributed by atoms with van der Waals surface area (Å²) in [6.07, 6.45) is -6.75. The van der Waals surface area contributed by atoms with Crippen molar-refractivity contribution in [3.63, 3.8) is 0 Å². The fraction of sp³-hybridized carbons (Fsp3) is 0.176. The molecule has 0 fully saturated rings. The number of amides is 2. The molecule has 2 amide bonds. The highest BCUT2D eigenvalue weighted by molar-refractivity contribution is 6.31. The summed E-state index contributed by atoms with van der Waals surface area (Å²) in [7, 11) is 0. The SMILES string of the molecule is NC(=O)ON(CCc1ccc(Oc2ccc(Cl)c(C(F)(F)F)c2)cc1)OC(N)=O. The molecule has 0 bridgehead atoms. The molecule has 0 spiro atoms. The molecule has 0 saturated carbocycles. The van der Waals surface area contributed by atoms with Crippen LogP contribution in [0.2, 0.25) is 5.02 Å². The topological polar surface area (TPSA) is 117 Å². The van der Waals surface area contributed by atoms with Gasteiger partial charge in [-0.1, -0.05) is 23.7 Å². The molecule has 0 atom stereocenters. The first-order chi connectivity index (χ1) is 13.5. The predicted octanol–water partition coefficient (Wildman–Crippen LogP) is 4.02. The van der Waals surface area contributed by atoms with Gasteiger partial charge in [0.2, 0.25) is 0 Å². The minimum atomic E-state index is -4.61. The first-order valence-corrected chi connectivity index (χ1v) is 8.28. The van der Waals surface area contributed by atoms with Crippen LogP contribution in [0, 0.1) is 0 Å². The molecule has 2 aromatic rings. The lowest BCUT2D eigenvalue weighted by Crippen LogP contribution is -2.35. The zero-order valence-corrected chi connectivity index (χ0v) is 15.4. The molecular formula is C17H15ClF3N3O5. The molecule has 0 radical (unpaired) electrons. The summed E-state index contributed by atoms with van der Waals surface area (Å²) in [6, 6.07) is 9.48. The molecule has 0 aliphatic rings. The van der Waals surface area contributed by atoms with Gasteiger partial charge < -0.3 is 25.9 Å². The first-order valence-electron chi connectivity index (χ1n) is 7.90. The van der Waals surface area contributed by atoms with Crippen LogP contribution >= 0.6 is 11.6 Å². The molecule has 4 N–H and O–H groups in total. The maximum absolute atomic E-state index is 12.9. The smallest absolute Gasteiger partial charge is 0.426 e. The molecule has 12 heteroatoms. The molecule has 0 heterocycles. The number of nitrogens with zero attached hydrogens (tertiary/aromatic N) is 1. The van der Waals surface area contributed by atoms with E-state index in [0.29, 0.717) is 10.8 Å². The Morgan fingerprint density at radius 3 is 2.03 bits per heavy atom. The van der Waals surface area contributed by atoms with E-state index in [1.807, 2.05) is 0 Å². The third-order valence-corrected chi connectivity index (χ3v) is 3.70. The number of ether oxygens (including phenoxy) is 1. The largest absolute Gasteiger partial charge is 0.457 e. The van der Waals surface area contributed by atoms with Gasteiger partial charge in [-0.15, -0.1) is 0 Å². The Morgan fingerprint density at radius 1 is 0.966 bits per heavy atom. The number of nitrogens with two attached hydrogens (primary N) is 2. The van der Waals surface area contributed by atoms with Crippen molar-refractivity contribution in [3.8, 4) is 11.5 Å². The molecule has 0 saturated heterocycles. The second-order valence-corrected chi connectivity index (χ2v) is 5.92. The average molecular weight is 434 g/mol. The number of alkyl halides is 3. The fourth-order valence-electron chi connectivity index (χ4n) is 2.18. The molecule has 0 unspecified atom stereocenters. The zero-order valence-electron chi connectivity index (χ0n) is 14.6. The van der Waals surface area contributed by atoms with Crippen LogP contribution in [0.1, 0.15) is 11.1 Å². The maximum Gasteiger partial charge on any atom is 0.426 e. The maximum atomic E-state index is 12.9. The van der Waals surface area contributed by atoms with Crippen LogP contribution in [0.5, 0.6) is 11.5 Å². The van der Waals surface area contributed by atoms with Crippen LogP contribution in [0.3, 0.4) is 0 Å². The van der Waals surface area contributed by atoms with Gasteiger partial charge in [-0.25, -0.2) is 9.59 Å². The number of carbonyl (C=O) groups excluding carboxylic acids is 2. The van der Waals surface area contributed by atoms with Gasteiger partial charge in [0.05, 0.1) is 17.1 Å². The standard InChI is InChI=1S/C17H15ClF3N3O5/c18-14-6-5-12(9-13(14)17(19,20)21)27-11-3-1-10(2-4-11)7-8-24(28-15(22)25)29-16(23)26/h1-6,9H,7-8H2,(H2,22,25)(H2,23,26).